The summed E-state index contributed by atoms with van der Waals surface area (Å²) < 4.78 is 7.39. The minimum absolute atomic E-state index is 0.636. The molecule has 4 rings (SSSR count). The molecule has 1 N–H and O–H groups in total. The molecule has 0 saturated carbocycles. The maximum absolute atomic E-state index is 5.69. The van der Waals surface area contributed by atoms with E-state index in [4.69, 9.17) is 4.74 Å². The van der Waals surface area contributed by atoms with Crippen molar-refractivity contribution in [1.82, 2.24) is 15.0 Å². The molecule has 0 radical (unpaired) electrons. The fourth-order valence-corrected chi connectivity index (χ4v) is 2.09. The van der Waals surface area contributed by atoms with Crippen molar-refractivity contribution < 1.29 is 4.74 Å². The zero-order valence-corrected chi connectivity index (χ0v) is 9.95. The molecular formula is C14H10N4O. The first-order chi connectivity index (χ1) is 9.40. The molecule has 2 heterocycles. The fraction of sp³-hybridized carbons (Fsp3) is 0. The number of para-hydroxylation sites is 3. The minimum Gasteiger partial charge on any atom is -0.437 e. The van der Waals surface area contributed by atoms with Gasteiger partial charge in [-0.1, -0.05) is 29.5 Å². The molecule has 1 aliphatic heterocycles. The van der Waals surface area contributed by atoms with Crippen LogP contribution in [0.2, 0.25) is 0 Å². The Labute approximate surface area is 109 Å². The third-order valence-electron chi connectivity index (χ3n) is 2.98. The van der Waals surface area contributed by atoms with E-state index in [1.165, 1.54) is 0 Å². The van der Waals surface area contributed by atoms with Gasteiger partial charge in [-0.25, -0.2) is 4.68 Å². The predicted octanol–water partition coefficient (Wildman–Crippen LogP) is 2.69. The molecule has 0 atom stereocenters. The van der Waals surface area contributed by atoms with Crippen LogP contribution in [0.3, 0.4) is 0 Å². The average molecular weight is 250 g/mol. The summed E-state index contributed by atoms with van der Waals surface area (Å²) in [6.07, 6.45) is 1.79. The van der Waals surface area contributed by atoms with Crippen molar-refractivity contribution in [3.05, 3.63) is 54.4 Å². The molecule has 5 heteroatoms. The Morgan fingerprint density at radius 3 is 2.84 bits per heavy atom. The van der Waals surface area contributed by atoms with Crippen LogP contribution < -0.4 is 10.1 Å². The van der Waals surface area contributed by atoms with Crippen LogP contribution in [0.4, 0.5) is 5.69 Å². The van der Waals surface area contributed by atoms with Gasteiger partial charge in [-0.05, 0) is 24.3 Å². The minimum atomic E-state index is 0.636. The molecule has 1 aliphatic rings. The van der Waals surface area contributed by atoms with E-state index in [2.05, 4.69) is 15.6 Å². The summed E-state index contributed by atoms with van der Waals surface area (Å²) in [6.45, 7) is 0. The highest BCUT2D eigenvalue weighted by atomic mass is 16.5. The van der Waals surface area contributed by atoms with Crippen LogP contribution in [0, 0.1) is 0 Å². The Balaban J connectivity index is 1.74. The molecule has 0 aliphatic carbocycles. The first-order valence-corrected chi connectivity index (χ1v) is 5.96. The van der Waals surface area contributed by atoms with Crippen molar-refractivity contribution in [2.45, 2.75) is 0 Å². The van der Waals surface area contributed by atoms with Gasteiger partial charge in [-0.15, -0.1) is 5.10 Å². The largest absolute Gasteiger partial charge is 0.437 e. The molecule has 0 fully saturated rings. The van der Waals surface area contributed by atoms with Crippen LogP contribution in [0.5, 0.6) is 5.75 Å². The number of nitrogens with one attached hydrogen (secondary N) is 1. The SMILES string of the molecule is C(=C1Nc2ccccc2O1)n1nnc2ccccc21. The monoisotopic (exact) mass is 250 g/mol. The molecule has 0 spiro atoms. The second kappa shape index (κ2) is 3.84. The number of hydrogen-bond donors (Lipinski definition) is 1. The Bertz CT molecular complexity index is 764. The first kappa shape index (κ1) is 10.1. The Kier molecular flexibility index (Phi) is 2.05. The first-order valence-electron chi connectivity index (χ1n) is 5.96. The molecule has 0 bridgehead atoms. The lowest BCUT2D eigenvalue weighted by Crippen LogP contribution is -2.00. The highest BCUT2D eigenvalue weighted by Gasteiger charge is 2.16. The van der Waals surface area contributed by atoms with Crippen molar-refractivity contribution in [3.8, 4) is 5.75 Å². The summed E-state index contributed by atoms with van der Waals surface area (Å²) in [4.78, 5) is 0. The third-order valence-corrected chi connectivity index (χ3v) is 2.98. The van der Waals surface area contributed by atoms with E-state index < -0.39 is 0 Å². The van der Waals surface area contributed by atoms with Crippen LogP contribution >= 0.6 is 0 Å². The quantitative estimate of drug-likeness (QED) is 0.721. The fourth-order valence-electron chi connectivity index (χ4n) is 2.09. The lowest BCUT2D eigenvalue weighted by Gasteiger charge is -1.99. The Hall–Kier alpha value is -2.82. The number of fused-ring (bicyclic) bond motifs is 2. The van der Waals surface area contributed by atoms with Crippen LogP contribution in [0.25, 0.3) is 17.2 Å². The van der Waals surface area contributed by atoms with E-state index in [1.54, 1.807) is 10.9 Å². The average Bonchev–Trinajstić information content (AvgIpc) is 3.03. The molecule has 3 aromatic rings. The summed E-state index contributed by atoms with van der Waals surface area (Å²) in [5, 5.41) is 11.4. The number of nitrogens with zero attached hydrogens (tertiary/aromatic N) is 3. The number of rotatable bonds is 1. The van der Waals surface area contributed by atoms with Crippen molar-refractivity contribution in [3.63, 3.8) is 0 Å². The van der Waals surface area contributed by atoms with Gasteiger partial charge in [0.05, 0.1) is 17.4 Å². The van der Waals surface area contributed by atoms with Gasteiger partial charge in [0.1, 0.15) is 5.52 Å². The zero-order chi connectivity index (χ0) is 12.7. The van der Waals surface area contributed by atoms with Crippen LogP contribution in [0.15, 0.2) is 54.4 Å². The number of hydrogen-bond acceptors (Lipinski definition) is 4. The second-order valence-corrected chi connectivity index (χ2v) is 4.24. The summed E-state index contributed by atoms with van der Waals surface area (Å²) in [5.41, 5.74) is 2.75. The van der Waals surface area contributed by atoms with Crippen LogP contribution in [-0.4, -0.2) is 15.0 Å². The van der Waals surface area contributed by atoms with Crippen LogP contribution in [0.1, 0.15) is 0 Å². The molecular weight excluding hydrogens is 240 g/mol. The van der Waals surface area contributed by atoms with E-state index in [-0.39, 0.29) is 0 Å². The molecule has 2 aromatic carbocycles. The summed E-state index contributed by atoms with van der Waals surface area (Å²) in [5.74, 6) is 1.45. The topological polar surface area (TPSA) is 52.0 Å². The number of benzene rings is 2. The number of ether oxygens (including phenoxy) is 1. The van der Waals surface area contributed by atoms with Gasteiger partial charge in [0.25, 0.3) is 0 Å². The normalized spacial score (nSPS) is 15.3. The standard InChI is InChI=1S/C14H10N4O/c1-3-7-12-10(5-1)16-17-18(12)9-14-15-11-6-2-4-8-13(11)19-14/h1-9,15H. The summed E-state index contributed by atoms with van der Waals surface area (Å²) in [6, 6.07) is 15.6. The van der Waals surface area contributed by atoms with Crippen LogP contribution in [-0.2, 0) is 0 Å². The molecule has 5 nitrogen and oxygen atoms in total. The van der Waals surface area contributed by atoms with Gasteiger partial charge in [0, 0.05) is 0 Å². The molecule has 1 aromatic heterocycles. The summed E-state index contributed by atoms with van der Waals surface area (Å²) in [7, 11) is 0. The van der Waals surface area contributed by atoms with Gasteiger partial charge in [0.15, 0.2) is 5.75 Å². The van der Waals surface area contributed by atoms with Gasteiger partial charge in [-0.2, -0.15) is 0 Å². The van der Waals surface area contributed by atoms with Gasteiger partial charge in [-0.3, -0.25) is 0 Å². The van der Waals surface area contributed by atoms with Gasteiger partial charge >= 0.3 is 0 Å². The number of anilines is 1. The van der Waals surface area contributed by atoms with Crippen molar-refractivity contribution >= 4 is 22.9 Å². The van der Waals surface area contributed by atoms with Crippen molar-refractivity contribution in [1.29, 1.82) is 0 Å². The smallest absolute Gasteiger partial charge is 0.216 e. The Morgan fingerprint density at radius 1 is 1.05 bits per heavy atom. The molecule has 0 saturated heterocycles. The number of aromatic nitrogens is 3. The highest BCUT2D eigenvalue weighted by Crippen LogP contribution is 2.32. The predicted molar refractivity (Wildman–Crippen MR) is 72.5 cm³/mol. The highest BCUT2D eigenvalue weighted by molar-refractivity contribution is 5.76. The van der Waals surface area contributed by atoms with E-state index in [0.717, 1.165) is 22.5 Å². The summed E-state index contributed by atoms with van der Waals surface area (Å²) >= 11 is 0. The molecule has 19 heavy (non-hydrogen) atoms. The zero-order valence-electron chi connectivity index (χ0n) is 9.95. The van der Waals surface area contributed by atoms with E-state index in [0.29, 0.717) is 5.88 Å². The van der Waals surface area contributed by atoms with E-state index in [1.807, 2.05) is 48.5 Å². The van der Waals surface area contributed by atoms with Gasteiger partial charge < -0.3 is 10.1 Å². The third kappa shape index (κ3) is 1.63. The lowest BCUT2D eigenvalue weighted by molar-refractivity contribution is 0.459. The van der Waals surface area contributed by atoms with Crippen molar-refractivity contribution in [2.75, 3.05) is 5.32 Å². The maximum atomic E-state index is 5.69. The molecule has 92 valence electrons. The molecule has 0 amide bonds. The lowest BCUT2D eigenvalue weighted by atomic mass is 10.3. The Morgan fingerprint density at radius 2 is 1.89 bits per heavy atom. The molecule has 0 unspecified atom stereocenters. The van der Waals surface area contributed by atoms with E-state index in [9.17, 15) is 0 Å². The van der Waals surface area contributed by atoms with Gasteiger partial charge in [0.2, 0.25) is 5.88 Å². The second-order valence-electron chi connectivity index (χ2n) is 4.24. The maximum Gasteiger partial charge on any atom is 0.216 e. The van der Waals surface area contributed by atoms with E-state index >= 15 is 0 Å². The van der Waals surface area contributed by atoms with Crippen molar-refractivity contribution in [2.24, 2.45) is 0 Å².